The fourth-order valence-electron chi connectivity index (χ4n) is 5.04. The van der Waals surface area contributed by atoms with Crippen molar-refractivity contribution in [3.8, 4) is 10.4 Å². The summed E-state index contributed by atoms with van der Waals surface area (Å²) in [6, 6.07) is 18.8. The first-order valence-electron chi connectivity index (χ1n) is 13.3. The smallest absolute Gasteiger partial charge is 0.252 e. The summed E-state index contributed by atoms with van der Waals surface area (Å²) in [6.07, 6.45) is 4.36. The van der Waals surface area contributed by atoms with E-state index in [1.807, 2.05) is 38.1 Å². The number of hydrogen-bond acceptors (Lipinski definition) is 5. The number of thiophene rings is 1. The van der Waals surface area contributed by atoms with Gasteiger partial charge in [0.2, 0.25) is 5.91 Å². The molecular formula is C30H36N4O2S. The van der Waals surface area contributed by atoms with Gasteiger partial charge in [0.15, 0.2) is 0 Å². The molecule has 0 bridgehead atoms. The first-order valence-corrected chi connectivity index (χ1v) is 14.1. The Bertz CT molecular complexity index is 1260. The van der Waals surface area contributed by atoms with E-state index < -0.39 is 0 Å². The highest BCUT2D eigenvalue weighted by Gasteiger charge is 2.22. The number of aryl methyl sites for hydroxylation is 1. The van der Waals surface area contributed by atoms with Gasteiger partial charge in [0.25, 0.3) is 5.91 Å². The number of carbonyl (C=O) groups is 2. The minimum absolute atomic E-state index is 0.0674. The SMILES string of the molecule is Cc1ccc(NC2CNC2)cc1C(=O)N[C@H](C)c1cccc(-c2ccc(CNC(=O)C3CCCC3)s2)c1. The maximum atomic E-state index is 13.2. The van der Waals surface area contributed by atoms with E-state index >= 15 is 0 Å². The van der Waals surface area contributed by atoms with Gasteiger partial charge in [-0.3, -0.25) is 9.59 Å². The molecule has 0 radical (unpaired) electrons. The maximum absolute atomic E-state index is 13.2. The van der Waals surface area contributed by atoms with E-state index in [1.165, 1.54) is 0 Å². The van der Waals surface area contributed by atoms with E-state index in [0.717, 1.165) is 70.9 Å². The molecule has 7 heteroatoms. The monoisotopic (exact) mass is 516 g/mol. The molecule has 1 aliphatic heterocycles. The third-order valence-corrected chi connectivity index (χ3v) is 8.61. The summed E-state index contributed by atoms with van der Waals surface area (Å²) in [4.78, 5) is 27.8. The lowest BCUT2D eigenvalue weighted by molar-refractivity contribution is -0.124. The zero-order chi connectivity index (χ0) is 25.8. The normalized spacial score (nSPS) is 16.7. The first kappa shape index (κ1) is 25.5. The van der Waals surface area contributed by atoms with Crippen LogP contribution in [0.4, 0.5) is 5.69 Å². The average Bonchev–Trinajstić information content (AvgIpc) is 3.58. The topological polar surface area (TPSA) is 82.3 Å². The van der Waals surface area contributed by atoms with Crippen LogP contribution in [0.1, 0.15) is 65.0 Å². The summed E-state index contributed by atoms with van der Waals surface area (Å²) in [7, 11) is 0. The Labute approximate surface area is 223 Å². The van der Waals surface area contributed by atoms with Gasteiger partial charge in [-0.15, -0.1) is 11.3 Å². The van der Waals surface area contributed by atoms with Crippen molar-refractivity contribution in [3.05, 3.63) is 76.2 Å². The molecule has 5 rings (SSSR count). The molecule has 0 spiro atoms. The molecule has 0 unspecified atom stereocenters. The van der Waals surface area contributed by atoms with Crippen LogP contribution in [-0.2, 0) is 11.3 Å². The molecule has 2 aliphatic rings. The lowest BCUT2D eigenvalue weighted by Crippen LogP contribution is -2.51. The molecule has 1 aromatic heterocycles. The van der Waals surface area contributed by atoms with Crippen molar-refractivity contribution >= 4 is 28.8 Å². The van der Waals surface area contributed by atoms with Crippen LogP contribution < -0.4 is 21.3 Å². The molecule has 194 valence electrons. The summed E-state index contributed by atoms with van der Waals surface area (Å²) in [5, 5.41) is 13.0. The quantitative estimate of drug-likeness (QED) is 0.307. The van der Waals surface area contributed by atoms with Crippen molar-refractivity contribution in [2.24, 2.45) is 5.92 Å². The average molecular weight is 517 g/mol. The van der Waals surface area contributed by atoms with Crippen molar-refractivity contribution in [2.45, 2.75) is 58.2 Å². The summed E-state index contributed by atoms with van der Waals surface area (Å²) < 4.78 is 0. The van der Waals surface area contributed by atoms with Crippen LogP contribution in [0.2, 0.25) is 0 Å². The number of amides is 2. The minimum Gasteiger partial charge on any atom is -0.380 e. The van der Waals surface area contributed by atoms with E-state index in [1.54, 1.807) is 11.3 Å². The van der Waals surface area contributed by atoms with Crippen molar-refractivity contribution in [3.63, 3.8) is 0 Å². The molecule has 1 saturated heterocycles. The fourth-order valence-corrected chi connectivity index (χ4v) is 5.98. The number of benzene rings is 2. The van der Waals surface area contributed by atoms with Crippen LogP contribution in [0.3, 0.4) is 0 Å². The molecule has 1 saturated carbocycles. The molecule has 1 atom stereocenters. The number of rotatable bonds is 9. The largest absolute Gasteiger partial charge is 0.380 e. The summed E-state index contributed by atoms with van der Waals surface area (Å²) in [6.45, 7) is 6.47. The molecule has 2 fully saturated rings. The summed E-state index contributed by atoms with van der Waals surface area (Å²) >= 11 is 1.70. The molecular weight excluding hydrogens is 480 g/mol. The Balaban J connectivity index is 1.21. The fraction of sp³-hybridized carbons (Fsp3) is 0.400. The molecule has 6 nitrogen and oxygen atoms in total. The molecule has 1 aliphatic carbocycles. The lowest BCUT2D eigenvalue weighted by Gasteiger charge is -2.29. The second-order valence-corrected chi connectivity index (χ2v) is 11.5. The third kappa shape index (κ3) is 6.22. The predicted molar refractivity (Wildman–Crippen MR) is 151 cm³/mol. The predicted octanol–water partition coefficient (Wildman–Crippen LogP) is 5.40. The van der Waals surface area contributed by atoms with Crippen LogP contribution in [0.25, 0.3) is 10.4 Å². The maximum Gasteiger partial charge on any atom is 0.252 e. The van der Waals surface area contributed by atoms with E-state index in [4.69, 9.17) is 0 Å². The molecule has 4 N–H and O–H groups in total. The highest BCUT2D eigenvalue weighted by atomic mass is 32.1. The van der Waals surface area contributed by atoms with Crippen molar-refractivity contribution in [1.29, 1.82) is 0 Å². The van der Waals surface area contributed by atoms with Gasteiger partial charge in [-0.25, -0.2) is 0 Å². The number of carbonyl (C=O) groups excluding carboxylic acids is 2. The van der Waals surface area contributed by atoms with Crippen molar-refractivity contribution < 1.29 is 9.59 Å². The molecule has 3 aromatic rings. The number of anilines is 1. The van der Waals surface area contributed by atoms with Crippen LogP contribution in [0.15, 0.2) is 54.6 Å². The van der Waals surface area contributed by atoms with Crippen molar-refractivity contribution in [2.75, 3.05) is 18.4 Å². The van der Waals surface area contributed by atoms with Gasteiger partial charge in [-0.2, -0.15) is 0 Å². The molecule has 2 heterocycles. The Hall–Kier alpha value is -3.16. The molecule has 2 aromatic carbocycles. The second kappa shape index (κ2) is 11.5. The van der Waals surface area contributed by atoms with E-state index in [2.05, 4.69) is 51.6 Å². The Morgan fingerprint density at radius 1 is 1.05 bits per heavy atom. The lowest BCUT2D eigenvalue weighted by atomic mass is 10.0. The highest BCUT2D eigenvalue weighted by Crippen LogP contribution is 2.31. The van der Waals surface area contributed by atoms with Gasteiger partial charge in [-0.05, 0) is 73.7 Å². The van der Waals surface area contributed by atoms with Crippen LogP contribution in [0.5, 0.6) is 0 Å². The zero-order valence-corrected chi connectivity index (χ0v) is 22.4. The highest BCUT2D eigenvalue weighted by molar-refractivity contribution is 7.15. The standard InChI is InChI=1S/C30H36N4O2S/c1-19-10-11-24(34-25-16-31-17-25)15-27(19)30(36)33-20(2)22-8-5-9-23(14-22)28-13-12-26(37-28)18-32-29(35)21-6-3-4-7-21/h5,8-15,20-21,25,31,34H,3-4,6-7,16-18H2,1-2H3,(H,32,35)(H,33,36)/t20-/m1/s1. The first-order chi connectivity index (χ1) is 18.0. The van der Waals surface area contributed by atoms with Crippen LogP contribution in [0, 0.1) is 12.8 Å². The van der Waals surface area contributed by atoms with Gasteiger partial charge in [0, 0.05) is 40.0 Å². The third-order valence-electron chi connectivity index (χ3n) is 7.48. The summed E-state index contributed by atoms with van der Waals surface area (Å²) in [5.74, 6) is 0.313. The Kier molecular flexibility index (Phi) is 7.91. The van der Waals surface area contributed by atoms with E-state index in [0.29, 0.717) is 18.2 Å². The zero-order valence-electron chi connectivity index (χ0n) is 21.6. The van der Waals surface area contributed by atoms with E-state index in [9.17, 15) is 9.59 Å². The summed E-state index contributed by atoms with van der Waals surface area (Å²) in [5.41, 5.74) is 4.81. The van der Waals surface area contributed by atoms with E-state index in [-0.39, 0.29) is 23.8 Å². The van der Waals surface area contributed by atoms with Crippen LogP contribution in [-0.4, -0.2) is 30.9 Å². The second-order valence-electron chi connectivity index (χ2n) is 10.3. The van der Waals surface area contributed by atoms with Gasteiger partial charge in [0.05, 0.1) is 18.6 Å². The van der Waals surface area contributed by atoms with Gasteiger partial charge < -0.3 is 21.3 Å². The van der Waals surface area contributed by atoms with Crippen LogP contribution >= 0.6 is 11.3 Å². The molecule has 2 amide bonds. The number of nitrogens with one attached hydrogen (secondary N) is 4. The van der Waals surface area contributed by atoms with Gasteiger partial charge in [-0.1, -0.05) is 37.1 Å². The number of hydrogen-bond donors (Lipinski definition) is 4. The van der Waals surface area contributed by atoms with Crippen molar-refractivity contribution in [1.82, 2.24) is 16.0 Å². The minimum atomic E-state index is -0.135. The van der Waals surface area contributed by atoms with Gasteiger partial charge in [0.1, 0.15) is 0 Å². The van der Waals surface area contributed by atoms with Gasteiger partial charge >= 0.3 is 0 Å². The molecule has 37 heavy (non-hydrogen) atoms. The Morgan fingerprint density at radius 2 is 1.86 bits per heavy atom. The Morgan fingerprint density at radius 3 is 2.62 bits per heavy atom.